The third-order valence-electron chi connectivity index (χ3n) is 3.97. The highest BCUT2D eigenvalue weighted by Crippen LogP contribution is 2.35. The fourth-order valence-corrected chi connectivity index (χ4v) is 2.76. The average molecular weight is 336 g/mol. The zero-order valence-corrected chi connectivity index (χ0v) is 14.1. The molecule has 1 N–H and O–H groups in total. The maximum Gasteiger partial charge on any atom is 0.330 e. The molecule has 128 valence electrons. The van der Waals surface area contributed by atoms with Gasteiger partial charge in [0.15, 0.2) is 0 Å². The lowest BCUT2D eigenvalue weighted by Gasteiger charge is -2.16. The molecule has 0 radical (unpaired) electrons. The van der Waals surface area contributed by atoms with Crippen LogP contribution in [0.1, 0.15) is 5.56 Å². The number of fused-ring (bicyclic) bond motifs is 2. The first-order valence-electron chi connectivity index (χ1n) is 8.10. The van der Waals surface area contributed by atoms with Crippen molar-refractivity contribution in [2.45, 2.75) is 13.0 Å². The Morgan fingerprint density at radius 1 is 1.12 bits per heavy atom. The number of carbonyl (C=O) groups excluding carboxylic acids is 1. The molecular formula is C21H20O4. The van der Waals surface area contributed by atoms with Crippen LogP contribution < -0.4 is 4.74 Å². The number of aryl methyl sites for hydroxylation is 1. The highest BCUT2D eigenvalue weighted by Gasteiger charge is 2.13. The Labute approximate surface area is 146 Å². The summed E-state index contributed by atoms with van der Waals surface area (Å²) in [5.74, 6) is 0.163. The Kier molecular flexibility index (Phi) is 5.00. The molecule has 1 atom stereocenters. The lowest BCUT2D eigenvalue weighted by molar-refractivity contribution is -0.141. The van der Waals surface area contributed by atoms with Crippen LogP contribution in [0.5, 0.6) is 5.75 Å². The van der Waals surface area contributed by atoms with Crippen molar-refractivity contribution in [2.24, 2.45) is 0 Å². The van der Waals surface area contributed by atoms with Gasteiger partial charge in [-0.1, -0.05) is 48.5 Å². The third kappa shape index (κ3) is 3.80. The van der Waals surface area contributed by atoms with Crippen molar-refractivity contribution in [3.8, 4) is 5.75 Å². The number of hydrogen-bond acceptors (Lipinski definition) is 4. The van der Waals surface area contributed by atoms with Crippen molar-refractivity contribution >= 4 is 27.5 Å². The molecule has 0 amide bonds. The lowest BCUT2D eigenvalue weighted by Crippen LogP contribution is -2.24. The minimum Gasteiger partial charge on any atom is -0.489 e. The monoisotopic (exact) mass is 336 g/mol. The van der Waals surface area contributed by atoms with E-state index in [1.165, 1.54) is 0 Å². The summed E-state index contributed by atoms with van der Waals surface area (Å²) in [6.45, 7) is 5.25. The molecule has 25 heavy (non-hydrogen) atoms. The fourth-order valence-electron chi connectivity index (χ4n) is 2.76. The summed E-state index contributed by atoms with van der Waals surface area (Å²) in [6, 6.07) is 16.3. The summed E-state index contributed by atoms with van der Waals surface area (Å²) in [4.78, 5) is 11.1. The molecule has 1 unspecified atom stereocenters. The first-order chi connectivity index (χ1) is 12.1. The SMILES string of the molecule is C=CC(=O)OCC(O)COc1c2ccccc2cc2ccc(C)cc12. The van der Waals surface area contributed by atoms with E-state index in [1.54, 1.807) is 0 Å². The summed E-state index contributed by atoms with van der Waals surface area (Å²) < 4.78 is 10.8. The third-order valence-corrected chi connectivity index (χ3v) is 3.97. The van der Waals surface area contributed by atoms with Crippen LogP contribution in [0.3, 0.4) is 0 Å². The Morgan fingerprint density at radius 2 is 1.88 bits per heavy atom. The number of aliphatic hydroxyl groups excluding tert-OH is 1. The second kappa shape index (κ2) is 7.36. The Morgan fingerprint density at radius 3 is 2.68 bits per heavy atom. The van der Waals surface area contributed by atoms with Crippen molar-refractivity contribution < 1.29 is 19.4 Å². The maximum absolute atomic E-state index is 11.1. The van der Waals surface area contributed by atoms with Gasteiger partial charge >= 0.3 is 5.97 Å². The molecule has 0 fully saturated rings. The van der Waals surface area contributed by atoms with Crippen LogP contribution in [0.4, 0.5) is 0 Å². The van der Waals surface area contributed by atoms with Gasteiger partial charge in [0, 0.05) is 16.8 Å². The van der Waals surface area contributed by atoms with E-state index in [4.69, 9.17) is 9.47 Å². The molecule has 3 rings (SSSR count). The van der Waals surface area contributed by atoms with E-state index in [1.807, 2.05) is 31.2 Å². The quantitative estimate of drug-likeness (QED) is 0.423. The van der Waals surface area contributed by atoms with Crippen molar-refractivity contribution in [2.75, 3.05) is 13.2 Å². The molecule has 3 aromatic rings. The van der Waals surface area contributed by atoms with Crippen LogP contribution >= 0.6 is 0 Å². The molecular weight excluding hydrogens is 316 g/mol. The van der Waals surface area contributed by atoms with Crippen molar-refractivity contribution in [1.82, 2.24) is 0 Å². The van der Waals surface area contributed by atoms with E-state index in [2.05, 4.69) is 30.8 Å². The Hall–Kier alpha value is -2.85. The van der Waals surface area contributed by atoms with E-state index in [0.29, 0.717) is 0 Å². The van der Waals surface area contributed by atoms with E-state index in [-0.39, 0.29) is 13.2 Å². The van der Waals surface area contributed by atoms with E-state index in [9.17, 15) is 9.90 Å². The molecule has 0 aliphatic carbocycles. The molecule has 0 saturated heterocycles. The summed E-state index contributed by atoms with van der Waals surface area (Å²) in [5.41, 5.74) is 1.13. The van der Waals surface area contributed by atoms with Crippen molar-refractivity contribution in [3.05, 3.63) is 66.7 Å². The second-order valence-electron chi connectivity index (χ2n) is 5.95. The predicted octanol–water partition coefficient (Wildman–Crippen LogP) is 3.77. The summed E-state index contributed by atoms with van der Waals surface area (Å²) in [5, 5.41) is 14.1. The molecule has 0 aromatic heterocycles. The number of carbonyl (C=O) groups is 1. The minimum atomic E-state index is -0.914. The van der Waals surface area contributed by atoms with Crippen molar-refractivity contribution in [3.63, 3.8) is 0 Å². The zero-order chi connectivity index (χ0) is 17.8. The van der Waals surface area contributed by atoms with Crippen LogP contribution in [0, 0.1) is 6.92 Å². The van der Waals surface area contributed by atoms with Gasteiger partial charge in [-0.05, 0) is 29.8 Å². The topological polar surface area (TPSA) is 55.8 Å². The Bertz CT molecular complexity index is 930. The molecule has 3 aromatic carbocycles. The molecule has 0 aliphatic heterocycles. The molecule has 0 saturated carbocycles. The normalized spacial score (nSPS) is 12.1. The van der Waals surface area contributed by atoms with Gasteiger partial charge in [0.2, 0.25) is 0 Å². The van der Waals surface area contributed by atoms with Crippen LogP contribution in [0.15, 0.2) is 61.2 Å². The van der Waals surface area contributed by atoms with Crippen LogP contribution in [-0.4, -0.2) is 30.4 Å². The standard InChI is InChI=1S/C21H20O4/c1-3-20(23)24-12-17(22)13-25-21-18-7-5-4-6-15(18)11-16-9-8-14(2)10-19(16)21/h3-11,17,22H,1,12-13H2,2H3. The molecule has 4 nitrogen and oxygen atoms in total. The van der Waals surface area contributed by atoms with E-state index < -0.39 is 12.1 Å². The summed E-state index contributed by atoms with van der Waals surface area (Å²) in [7, 11) is 0. The van der Waals surface area contributed by atoms with Gasteiger partial charge < -0.3 is 14.6 Å². The number of esters is 1. The lowest BCUT2D eigenvalue weighted by atomic mass is 10.0. The zero-order valence-electron chi connectivity index (χ0n) is 14.1. The van der Waals surface area contributed by atoms with Gasteiger partial charge in [-0.15, -0.1) is 0 Å². The maximum atomic E-state index is 11.1. The second-order valence-corrected chi connectivity index (χ2v) is 5.95. The first kappa shape index (κ1) is 17.0. The van der Waals surface area contributed by atoms with Crippen LogP contribution in [0.2, 0.25) is 0 Å². The smallest absolute Gasteiger partial charge is 0.330 e. The van der Waals surface area contributed by atoms with Gasteiger partial charge in [0.25, 0.3) is 0 Å². The molecule has 0 spiro atoms. The number of aliphatic hydroxyl groups is 1. The Balaban J connectivity index is 1.91. The highest BCUT2D eigenvalue weighted by atomic mass is 16.5. The van der Waals surface area contributed by atoms with E-state index >= 15 is 0 Å². The fraction of sp³-hybridized carbons (Fsp3) is 0.190. The highest BCUT2D eigenvalue weighted by molar-refractivity contribution is 6.05. The molecule has 0 aliphatic rings. The summed E-state index contributed by atoms with van der Waals surface area (Å²) >= 11 is 0. The molecule has 0 bridgehead atoms. The molecule has 4 heteroatoms. The summed E-state index contributed by atoms with van der Waals surface area (Å²) in [6.07, 6.45) is 0.150. The minimum absolute atomic E-state index is 0.0292. The van der Waals surface area contributed by atoms with E-state index in [0.717, 1.165) is 38.9 Å². The van der Waals surface area contributed by atoms with Gasteiger partial charge in [-0.2, -0.15) is 0 Å². The first-order valence-corrected chi connectivity index (χ1v) is 8.10. The van der Waals surface area contributed by atoms with Crippen LogP contribution in [-0.2, 0) is 9.53 Å². The largest absolute Gasteiger partial charge is 0.489 e. The number of ether oxygens (including phenoxy) is 2. The van der Waals surface area contributed by atoms with Gasteiger partial charge in [0.05, 0.1) is 0 Å². The van der Waals surface area contributed by atoms with Gasteiger partial charge in [0.1, 0.15) is 25.1 Å². The number of benzene rings is 3. The predicted molar refractivity (Wildman–Crippen MR) is 98.8 cm³/mol. The van der Waals surface area contributed by atoms with Gasteiger partial charge in [-0.3, -0.25) is 0 Å². The number of hydrogen-bond donors (Lipinski definition) is 1. The van der Waals surface area contributed by atoms with Crippen LogP contribution in [0.25, 0.3) is 21.5 Å². The van der Waals surface area contributed by atoms with Crippen molar-refractivity contribution in [1.29, 1.82) is 0 Å². The average Bonchev–Trinajstić information content (AvgIpc) is 2.63. The van der Waals surface area contributed by atoms with Gasteiger partial charge in [-0.25, -0.2) is 4.79 Å². The number of rotatable bonds is 6. The molecule has 0 heterocycles.